The minimum atomic E-state index is 0. The summed E-state index contributed by atoms with van der Waals surface area (Å²) in [7, 11) is 0. The van der Waals surface area contributed by atoms with Gasteiger partial charge in [0, 0.05) is 46.2 Å². The van der Waals surface area contributed by atoms with Crippen LogP contribution in [0.25, 0.3) is 38.9 Å². The number of fused-ring (bicyclic) bond motifs is 3. The largest absolute Gasteiger partial charge is 2.00 e. The van der Waals surface area contributed by atoms with Crippen molar-refractivity contribution in [1.82, 2.24) is 24.1 Å². The van der Waals surface area contributed by atoms with Gasteiger partial charge in [0.2, 0.25) is 0 Å². The van der Waals surface area contributed by atoms with Crippen molar-refractivity contribution in [3.05, 3.63) is 157 Å². The van der Waals surface area contributed by atoms with Crippen molar-refractivity contribution in [2.75, 3.05) is 4.90 Å². The SMILES string of the molecule is Cc1cc(N(c2ccc(-n3c4ccccc4c4ccccc43)cc2)c2ccn(-c3[c-]cccc3)n2)nn1-c1[c-]cccc1.[Pt+2]. The fourth-order valence-electron chi connectivity index (χ4n) is 5.75. The predicted molar refractivity (Wildman–Crippen MR) is 172 cm³/mol. The molecule has 5 aromatic carbocycles. The second kappa shape index (κ2) is 11.5. The van der Waals surface area contributed by atoms with Crippen molar-refractivity contribution in [2.45, 2.75) is 6.92 Å². The smallest absolute Gasteiger partial charge is 0.309 e. The summed E-state index contributed by atoms with van der Waals surface area (Å²) in [6, 6.07) is 52.0. The molecule has 7 heteroatoms. The molecule has 3 heterocycles. The van der Waals surface area contributed by atoms with Crippen molar-refractivity contribution in [3.63, 3.8) is 0 Å². The molecule has 0 spiro atoms. The van der Waals surface area contributed by atoms with Crippen molar-refractivity contribution in [1.29, 1.82) is 0 Å². The molecule has 0 aliphatic carbocycles. The number of aryl methyl sites for hydroxylation is 1. The van der Waals surface area contributed by atoms with Gasteiger partial charge >= 0.3 is 21.1 Å². The first-order valence-electron chi connectivity index (χ1n) is 14.2. The Balaban J connectivity index is 0.00000312. The monoisotopic (exact) mass is 749 g/mol. The number of para-hydroxylation sites is 4. The molecular formula is C37H26N6Pt. The molecule has 0 aliphatic rings. The van der Waals surface area contributed by atoms with Gasteiger partial charge in [0.05, 0.1) is 11.0 Å². The van der Waals surface area contributed by atoms with Gasteiger partial charge in [-0.2, -0.15) is 58.7 Å². The Labute approximate surface area is 269 Å². The quantitative estimate of drug-likeness (QED) is 0.160. The van der Waals surface area contributed by atoms with E-state index in [9.17, 15) is 0 Å². The molecule has 0 amide bonds. The van der Waals surface area contributed by atoms with Gasteiger partial charge < -0.3 is 4.57 Å². The molecule has 44 heavy (non-hydrogen) atoms. The summed E-state index contributed by atoms with van der Waals surface area (Å²) < 4.78 is 6.07. The maximum Gasteiger partial charge on any atom is 2.00 e. The van der Waals surface area contributed by atoms with Gasteiger partial charge in [-0.05, 0) is 54.7 Å². The molecule has 0 aliphatic heterocycles. The Bertz CT molecular complexity index is 2140. The number of nitrogens with zero attached hydrogens (tertiary/aromatic N) is 6. The summed E-state index contributed by atoms with van der Waals surface area (Å²) in [6.07, 6.45) is 1.95. The fourth-order valence-corrected chi connectivity index (χ4v) is 5.75. The standard InChI is InChI=1S/C37H26N6.Pt/c1-27-26-37(39-43(27)31-14-6-3-7-15-31)42(36-24-25-40(38-36)28-12-4-2-5-13-28)30-22-20-29(21-23-30)41-34-18-10-8-16-32(34)33-17-9-11-19-35(33)41;/h2-12,14,16-26H,1H3;/q-2;+2. The fraction of sp³-hybridized carbons (Fsp3) is 0.0270. The van der Waals surface area contributed by atoms with Crippen LogP contribution in [0, 0.1) is 19.1 Å². The minimum absolute atomic E-state index is 0. The molecule has 0 bridgehead atoms. The van der Waals surface area contributed by atoms with Gasteiger partial charge in [0.1, 0.15) is 0 Å². The maximum atomic E-state index is 5.02. The first kappa shape index (κ1) is 27.6. The summed E-state index contributed by atoms with van der Waals surface area (Å²) in [6.45, 7) is 2.05. The second-order valence-corrected chi connectivity index (χ2v) is 10.4. The number of rotatable bonds is 6. The van der Waals surface area contributed by atoms with Crippen LogP contribution >= 0.6 is 0 Å². The third-order valence-corrected chi connectivity index (χ3v) is 7.71. The van der Waals surface area contributed by atoms with Crippen LogP contribution in [0.5, 0.6) is 0 Å². The molecule has 0 saturated heterocycles. The van der Waals surface area contributed by atoms with Gasteiger partial charge in [-0.25, -0.2) is 0 Å². The van der Waals surface area contributed by atoms with Crippen LogP contribution in [-0.4, -0.2) is 24.1 Å². The van der Waals surface area contributed by atoms with Crippen LogP contribution in [0.2, 0.25) is 0 Å². The van der Waals surface area contributed by atoms with E-state index < -0.39 is 0 Å². The average Bonchev–Trinajstić information content (AvgIpc) is 3.79. The van der Waals surface area contributed by atoms with E-state index >= 15 is 0 Å². The summed E-state index contributed by atoms with van der Waals surface area (Å²) in [5.74, 6) is 1.52. The van der Waals surface area contributed by atoms with E-state index in [1.54, 1.807) is 0 Å². The number of benzene rings is 5. The Morgan fingerprint density at radius 2 is 1.23 bits per heavy atom. The Morgan fingerprint density at radius 3 is 1.86 bits per heavy atom. The van der Waals surface area contributed by atoms with Gasteiger partial charge in [-0.1, -0.05) is 36.4 Å². The molecule has 0 radical (unpaired) electrons. The van der Waals surface area contributed by atoms with Crippen molar-refractivity contribution >= 4 is 39.1 Å². The number of anilines is 3. The van der Waals surface area contributed by atoms with E-state index in [0.717, 1.165) is 40.1 Å². The van der Waals surface area contributed by atoms with Crippen LogP contribution < -0.4 is 4.90 Å². The van der Waals surface area contributed by atoms with Crippen LogP contribution in [0.3, 0.4) is 0 Å². The first-order valence-corrected chi connectivity index (χ1v) is 14.2. The van der Waals surface area contributed by atoms with E-state index in [0.29, 0.717) is 0 Å². The molecular weight excluding hydrogens is 724 g/mol. The Hall–Kier alpha value is -5.19. The Morgan fingerprint density at radius 1 is 0.614 bits per heavy atom. The second-order valence-electron chi connectivity index (χ2n) is 10.4. The zero-order valence-electron chi connectivity index (χ0n) is 23.8. The molecule has 3 aromatic heterocycles. The molecule has 0 atom stereocenters. The van der Waals surface area contributed by atoms with Gasteiger partial charge in [-0.3, -0.25) is 14.3 Å². The van der Waals surface area contributed by atoms with Crippen LogP contribution in [0.4, 0.5) is 17.3 Å². The van der Waals surface area contributed by atoms with Gasteiger partial charge in [0.15, 0.2) is 11.6 Å². The molecule has 0 N–H and O–H groups in total. The van der Waals surface area contributed by atoms with Gasteiger partial charge in [0.25, 0.3) is 0 Å². The number of hydrogen-bond acceptors (Lipinski definition) is 3. The van der Waals surface area contributed by atoms with Crippen molar-refractivity contribution in [3.8, 4) is 17.1 Å². The van der Waals surface area contributed by atoms with Crippen LogP contribution in [-0.2, 0) is 21.1 Å². The molecule has 214 valence electrons. The summed E-state index contributed by atoms with van der Waals surface area (Å²) in [5, 5.41) is 12.4. The third kappa shape index (κ3) is 4.74. The zero-order chi connectivity index (χ0) is 28.8. The van der Waals surface area contributed by atoms with E-state index in [1.165, 1.54) is 21.8 Å². The van der Waals surface area contributed by atoms with E-state index in [4.69, 9.17) is 10.2 Å². The Kier molecular flexibility index (Phi) is 7.21. The zero-order valence-corrected chi connectivity index (χ0v) is 26.1. The number of aromatic nitrogens is 5. The molecule has 0 fully saturated rings. The average molecular weight is 750 g/mol. The molecule has 0 unspecified atom stereocenters. The van der Waals surface area contributed by atoms with E-state index in [2.05, 4.69) is 107 Å². The van der Waals surface area contributed by atoms with Gasteiger partial charge in [-0.15, -0.1) is 12.1 Å². The summed E-state index contributed by atoms with van der Waals surface area (Å²) in [4.78, 5) is 2.08. The van der Waals surface area contributed by atoms with Crippen molar-refractivity contribution in [2.24, 2.45) is 0 Å². The molecule has 8 aromatic rings. The predicted octanol–water partition coefficient (Wildman–Crippen LogP) is 8.53. The molecule has 8 rings (SSSR count). The maximum absolute atomic E-state index is 5.02. The first-order chi connectivity index (χ1) is 21.2. The van der Waals surface area contributed by atoms with Crippen LogP contribution in [0.1, 0.15) is 5.69 Å². The van der Waals surface area contributed by atoms with E-state index in [-0.39, 0.29) is 21.1 Å². The third-order valence-electron chi connectivity index (χ3n) is 7.71. The summed E-state index contributed by atoms with van der Waals surface area (Å²) in [5.41, 5.74) is 7.16. The molecule has 6 nitrogen and oxygen atoms in total. The minimum Gasteiger partial charge on any atom is -0.309 e. The molecule has 0 saturated carbocycles. The van der Waals surface area contributed by atoms with Crippen LogP contribution in [0.15, 0.2) is 140 Å². The summed E-state index contributed by atoms with van der Waals surface area (Å²) >= 11 is 0. The van der Waals surface area contributed by atoms with E-state index in [1.807, 2.05) is 70.2 Å². The topological polar surface area (TPSA) is 43.8 Å². The van der Waals surface area contributed by atoms with Crippen molar-refractivity contribution < 1.29 is 21.1 Å². The number of hydrogen-bond donors (Lipinski definition) is 0. The normalized spacial score (nSPS) is 11.1.